The highest BCUT2D eigenvalue weighted by Crippen LogP contribution is 2.25. The first-order valence-electron chi connectivity index (χ1n) is 7.75. The summed E-state index contributed by atoms with van der Waals surface area (Å²) in [5.41, 5.74) is 6.29. The van der Waals surface area contributed by atoms with Gasteiger partial charge in [0.05, 0.1) is 11.5 Å². The van der Waals surface area contributed by atoms with Crippen LogP contribution >= 0.6 is 0 Å². The third-order valence-corrected chi connectivity index (χ3v) is 4.54. The fourth-order valence-electron chi connectivity index (χ4n) is 2.10. The number of carbonyl (C=O) groups excluding carboxylic acids is 1. The number of carbonyl (C=O) groups is 1. The van der Waals surface area contributed by atoms with Gasteiger partial charge in [-0.15, -0.1) is 0 Å². The number of amides is 1. The SMILES string of the molecule is COCC(N)C(=O)NCc1cccnc1Oc1cccc(S(C)(=O)=O)c1. The van der Waals surface area contributed by atoms with Gasteiger partial charge in [0.1, 0.15) is 11.8 Å². The molecule has 8 nitrogen and oxygen atoms in total. The van der Waals surface area contributed by atoms with Gasteiger partial charge in [0.2, 0.25) is 11.8 Å². The fourth-order valence-corrected chi connectivity index (χ4v) is 2.76. The number of ether oxygens (including phenoxy) is 2. The number of nitrogens with zero attached hydrogens (tertiary/aromatic N) is 1. The van der Waals surface area contributed by atoms with E-state index in [9.17, 15) is 13.2 Å². The molecular formula is C17H21N3O5S. The van der Waals surface area contributed by atoms with E-state index in [0.717, 1.165) is 6.26 Å². The Bertz CT molecular complexity index is 870. The van der Waals surface area contributed by atoms with Gasteiger partial charge in [0.25, 0.3) is 0 Å². The Morgan fingerprint density at radius 2 is 2.08 bits per heavy atom. The molecule has 2 rings (SSSR count). The zero-order valence-corrected chi connectivity index (χ0v) is 15.3. The van der Waals surface area contributed by atoms with Crippen LogP contribution in [0.3, 0.4) is 0 Å². The quantitative estimate of drug-likeness (QED) is 0.698. The predicted molar refractivity (Wildman–Crippen MR) is 95.6 cm³/mol. The first-order valence-corrected chi connectivity index (χ1v) is 9.64. The van der Waals surface area contributed by atoms with Crippen molar-refractivity contribution < 1.29 is 22.7 Å². The smallest absolute Gasteiger partial charge is 0.239 e. The molecule has 1 aromatic carbocycles. The van der Waals surface area contributed by atoms with Gasteiger partial charge in [0, 0.05) is 31.7 Å². The van der Waals surface area contributed by atoms with Crippen molar-refractivity contribution in [2.45, 2.75) is 17.5 Å². The monoisotopic (exact) mass is 379 g/mol. The van der Waals surface area contributed by atoms with E-state index in [1.165, 1.54) is 25.4 Å². The molecule has 0 spiro atoms. The van der Waals surface area contributed by atoms with Crippen LogP contribution in [0.25, 0.3) is 0 Å². The van der Waals surface area contributed by atoms with Crippen LogP contribution in [0.5, 0.6) is 11.6 Å². The summed E-state index contributed by atoms with van der Waals surface area (Å²) in [6.45, 7) is 0.270. The molecule has 140 valence electrons. The second-order valence-corrected chi connectivity index (χ2v) is 7.61. The van der Waals surface area contributed by atoms with Gasteiger partial charge in [0.15, 0.2) is 9.84 Å². The largest absolute Gasteiger partial charge is 0.439 e. The third kappa shape index (κ3) is 5.51. The van der Waals surface area contributed by atoms with Crippen molar-refractivity contribution in [3.63, 3.8) is 0 Å². The molecule has 9 heteroatoms. The topological polar surface area (TPSA) is 121 Å². The van der Waals surface area contributed by atoms with Crippen LogP contribution in [0.15, 0.2) is 47.5 Å². The van der Waals surface area contributed by atoms with E-state index in [1.807, 2.05) is 0 Å². The molecule has 3 N–H and O–H groups in total. The first kappa shape index (κ1) is 19.8. The minimum atomic E-state index is -3.35. The van der Waals surface area contributed by atoms with Crippen molar-refractivity contribution in [2.75, 3.05) is 20.0 Å². The highest BCUT2D eigenvalue weighted by molar-refractivity contribution is 7.90. The molecule has 1 amide bonds. The van der Waals surface area contributed by atoms with Crippen LogP contribution in [0.4, 0.5) is 0 Å². The number of rotatable bonds is 8. The van der Waals surface area contributed by atoms with Crippen molar-refractivity contribution >= 4 is 15.7 Å². The van der Waals surface area contributed by atoms with Gasteiger partial charge in [-0.3, -0.25) is 4.79 Å². The lowest BCUT2D eigenvalue weighted by Gasteiger charge is -2.13. The summed E-state index contributed by atoms with van der Waals surface area (Å²) >= 11 is 0. The Morgan fingerprint density at radius 1 is 1.31 bits per heavy atom. The zero-order chi connectivity index (χ0) is 19.2. The average molecular weight is 379 g/mol. The molecule has 0 aliphatic heterocycles. The highest BCUT2D eigenvalue weighted by atomic mass is 32.2. The van der Waals surface area contributed by atoms with E-state index in [1.54, 1.807) is 24.3 Å². The molecule has 0 saturated carbocycles. The maximum atomic E-state index is 11.9. The van der Waals surface area contributed by atoms with E-state index in [-0.39, 0.29) is 29.8 Å². The number of nitrogens with two attached hydrogens (primary N) is 1. The molecule has 0 bridgehead atoms. The Labute approximate surface area is 152 Å². The summed E-state index contributed by atoms with van der Waals surface area (Å²) in [6, 6.07) is 8.79. The fraction of sp³-hybridized carbons (Fsp3) is 0.294. The first-order chi connectivity index (χ1) is 12.3. The number of nitrogens with one attached hydrogen (secondary N) is 1. The summed E-state index contributed by atoms with van der Waals surface area (Å²) < 4.78 is 33.9. The number of benzene rings is 1. The second-order valence-electron chi connectivity index (χ2n) is 5.60. The molecule has 1 unspecified atom stereocenters. The van der Waals surface area contributed by atoms with Gasteiger partial charge >= 0.3 is 0 Å². The maximum absolute atomic E-state index is 11.9. The molecule has 26 heavy (non-hydrogen) atoms. The second kappa shape index (κ2) is 8.75. The van der Waals surface area contributed by atoms with E-state index >= 15 is 0 Å². The number of sulfone groups is 1. The predicted octanol–water partition coefficient (Wildman–Crippen LogP) is 0.867. The summed E-state index contributed by atoms with van der Waals surface area (Å²) in [7, 11) is -1.88. The third-order valence-electron chi connectivity index (χ3n) is 3.43. The van der Waals surface area contributed by atoms with Crippen molar-refractivity contribution in [3.05, 3.63) is 48.2 Å². The molecule has 1 atom stereocenters. The number of hydrogen-bond donors (Lipinski definition) is 2. The van der Waals surface area contributed by atoms with Crippen molar-refractivity contribution in [1.29, 1.82) is 0 Å². The van der Waals surface area contributed by atoms with Crippen LogP contribution in [0, 0.1) is 0 Å². The summed E-state index contributed by atoms with van der Waals surface area (Å²) in [5, 5.41) is 2.69. The van der Waals surface area contributed by atoms with E-state index in [2.05, 4.69) is 10.3 Å². The number of aromatic nitrogens is 1. The van der Waals surface area contributed by atoms with Gasteiger partial charge in [-0.2, -0.15) is 0 Å². The lowest BCUT2D eigenvalue weighted by Crippen LogP contribution is -2.43. The molecule has 0 aliphatic rings. The summed E-state index contributed by atoms with van der Waals surface area (Å²) in [6.07, 6.45) is 2.66. The summed E-state index contributed by atoms with van der Waals surface area (Å²) in [4.78, 5) is 16.2. The Hall–Kier alpha value is -2.49. The Morgan fingerprint density at radius 3 is 2.77 bits per heavy atom. The summed E-state index contributed by atoms with van der Waals surface area (Å²) in [5.74, 6) is 0.231. The van der Waals surface area contributed by atoms with Gasteiger partial charge in [-0.05, 0) is 24.3 Å². The molecule has 0 fully saturated rings. The Kier molecular flexibility index (Phi) is 6.67. The lowest BCUT2D eigenvalue weighted by molar-refractivity contribution is -0.123. The molecule has 1 heterocycles. The van der Waals surface area contributed by atoms with E-state index < -0.39 is 15.9 Å². The minimum Gasteiger partial charge on any atom is -0.439 e. The minimum absolute atomic E-state index is 0.112. The van der Waals surface area contributed by atoms with Crippen LogP contribution in [-0.2, 0) is 25.9 Å². The van der Waals surface area contributed by atoms with Crippen molar-refractivity contribution in [2.24, 2.45) is 5.73 Å². The molecular weight excluding hydrogens is 358 g/mol. The average Bonchev–Trinajstić information content (AvgIpc) is 2.60. The normalized spacial score (nSPS) is 12.4. The van der Waals surface area contributed by atoms with Gasteiger partial charge in [-0.1, -0.05) is 12.1 Å². The Balaban J connectivity index is 2.13. The van der Waals surface area contributed by atoms with Crippen LogP contribution in [0.1, 0.15) is 5.56 Å². The van der Waals surface area contributed by atoms with E-state index in [4.69, 9.17) is 15.2 Å². The maximum Gasteiger partial charge on any atom is 0.239 e. The van der Waals surface area contributed by atoms with Crippen LogP contribution in [-0.4, -0.2) is 45.3 Å². The highest BCUT2D eigenvalue weighted by Gasteiger charge is 2.15. The van der Waals surface area contributed by atoms with Crippen LogP contribution < -0.4 is 15.8 Å². The molecule has 0 radical (unpaired) electrons. The molecule has 0 saturated heterocycles. The lowest BCUT2D eigenvalue weighted by atomic mass is 10.2. The van der Waals surface area contributed by atoms with E-state index in [0.29, 0.717) is 11.3 Å². The number of pyridine rings is 1. The van der Waals surface area contributed by atoms with Crippen LogP contribution in [0.2, 0.25) is 0 Å². The number of hydrogen-bond acceptors (Lipinski definition) is 7. The van der Waals surface area contributed by atoms with Gasteiger partial charge in [-0.25, -0.2) is 13.4 Å². The van der Waals surface area contributed by atoms with Crippen molar-refractivity contribution in [1.82, 2.24) is 10.3 Å². The standard InChI is InChI=1S/C17H21N3O5S/c1-24-11-15(18)16(21)20-10-12-5-4-8-19-17(12)25-13-6-3-7-14(9-13)26(2,22)23/h3-9,15H,10-11,18H2,1-2H3,(H,20,21). The van der Waals surface area contributed by atoms with Gasteiger partial charge < -0.3 is 20.5 Å². The molecule has 0 aliphatic carbocycles. The zero-order valence-electron chi connectivity index (χ0n) is 14.5. The molecule has 1 aromatic heterocycles. The molecule has 2 aromatic rings. The number of methoxy groups -OCH3 is 1. The van der Waals surface area contributed by atoms with Crippen molar-refractivity contribution in [3.8, 4) is 11.6 Å².